The molecule has 1 saturated carbocycles. The summed E-state index contributed by atoms with van der Waals surface area (Å²) in [5.74, 6) is -0.740. The van der Waals surface area contributed by atoms with Gasteiger partial charge >= 0.3 is 0 Å². The van der Waals surface area contributed by atoms with Crippen LogP contribution in [0.25, 0.3) is 11.3 Å². The van der Waals surface area contributed by atoms with Gasteiger partial charge in [0, 0.05) is 17.0 Å². The maximum absolute atomic E-state index is 14.0. The van der Waals surface area contributed by atoms with Crippen LogP contribution in [0.4, 0.5) is 8.78 Å². The summed E-state index contributed by atoms with van der Waals surface area (Å²) >= 11 is 0. The summed E-state index contributed by atoms with van der Waals surface area (Å²) in [4.78, 5) is 0. The Morgan fingerprint density at radius 3 is 2.59 bits per heavy atom. The van der Waals surface area contributed by atoms with Gasteiger partial charge in [0.2, 0.25) is 0 Å². The smallest absolute Gasteiger partial charge is 0.135 e. The maximum Gasteiger partial charge on any atom is 0.135 e. The van der Waals surface area contributed by atoms with Crippen LogP contribution in [0.15, 0.2) is 24.3 Å². The monoisotopic (exact) mass is 300 g/mol. The first kappa shape index (κ1) is 13.8. The van der Waals surface area contributed by atoms with Crippen molar-refractivity contribution >= 4 is 0 Å². The summed E-state index contributed by atoms with van der Waals surface area (Å²) < 4.78 is 27.1. The molecule has 0 radical (unpaired) electrons. The molecule has 114 valence electrons. The van der Waals surface area contributed by atoms with Crippen LogP contribution in [-0.2, 0) is 5.41 Å². The molecule has 0 aliphatic heterocycles. The molecule has 0 N–H and O–H groups in total. The number of aromatic nitrogens is 2. The zero-order valence-electron chi connectivity index (χ0n) is 13.0. The molecule has 1 fully saturated rings. The minimum absolute atomic E-state index is 0.0415. The van der Waals surface area contributed by atoms with Gasteiger partial charge in [-0.1, -0.05) is 20.8 Å². The minimum Gasteiger partial charge on any atom is -0.207 e. The van der Waals surface area contributed by atoms with E-state index in [1.54, 1.807) is 0 Å². The van der Waals surface area contributed by atoms with E-state index < -0.39 is 11.6 Å². The van der Waals surface area contributed by atoms with Crippen LogP contribution in [0, 0.1) is 17.0 Å². The van der Waals surface area contributed by atoms with Crippen molar-refractivity contribution in [3.8, 4) is 11.3 Å². The normalized spacial score (nSPS) is 28.0. The lowest BCUT2D eigenvalue weighted by molar-refractivity contribution is 0.226. The Hall–Kier alpha value is -1.84. The van der Waals surface area contributed by atoms with E-state index in [1.807, 2.05) is 6.07 Å². The second-order valence-corrected chi connectivity index (χ2v) is 7.30. The Morgan fingerprint density at radius 1 is 1.09 bits per heavy atom. The summed E-state index contributed by atoms with van der Waals surface area (Å²) in [7, 11) is 0. The largest absolute Gasteiger partial charge is 0.207 e. The van der Waals surface area contributed by atoms with Gasteiger partial charge in [0.25, 0.3) is 0 Å². The van der Waals surface area contributed by atoms with Crippen molar-refractivity contribution in [2.24, 2.45) is 5.41 Å². The van der Waals surface area contributed by atoms with Crippen LogP contribution < -0.4 is 0 Å². The highest BCUT2D eigenvalue weighted by Gasteiger charge is 2.60. The lowest BCUT2D eigenvalue weighted by Crippen LogP contribution is -2.32. The Balaban J connectivity index is 1.87. The van der Waals surface area contributed by atoms with Gasteiger partial charge in [-0.2, -0.15) is 10.2 Å². The number of halogens is 2. The highest BCUT2D eigenvalue weighted by molar-refractivity contribution is 5.62. The molecule has 4 rings (SSSR count). The van der Waals surface area contributed by atoms with Crippen LogP contribution in [0.2, 0.25) is 0 Å². The average Bonchev–Trinajstić information content (AvgIpc) is 2.78. The molecular weight excluding hydrogens is 282 g/mol. The molecule has 2 aliphatic carbocycles. The first-order valence-electron chi connectivity index (χ1n) is 7.68. The van der Waals surface area contributed by atoms with E-state index in [0.29, 0.717) is 17.2 Å². The molecule has 0 amide bonds. The standard InChI is InChI=1S/C18H18F2N2/c1-17(2)13-6-7-18(17,3)16-12(13)9-15(21-22-16)11-5-4-10(19)8-14(11)20/h4-5,8-9,13H,6-7H2,1-3H3. The molecule has 22 heavy (non-hydrogen) atoms. The van der Waals surface area contributed by atoms with Crippen LogP contribution >= 0.6 is 0 Å². The van der Waals surface area contributed by atoms with Crippen LogP contribution in [0.5, 0.6) is 0 Å². The molecule has 2 atom stereocenters. The van der Waals surface area contributed by atoms with E-state index in [9.17, 15) is 8.78 Å². The van der Waals surface area contributed by atoms with Gasteiger partial charge in [0.05, 0.1) is 11.4 Å². The molecule has 2 aromatic rings. The Bertz CT molecular complexity index is 785. The van der Waals surface area contributed by atoms with Gasteiger partial charge in [0.15, 0.2) is 0 Å². The van der Waals surface area contributed by atoms with Crippen molar-refractivity contribution in [1.29, 1.82) is 0 Å². The second-order valence-electron chi connectivity index (χ2n) is 7.30. The van der Waals surface area contributed by atoms with E-state index >= 15 is 0 Å². The van der Waals surface area contributed by atoms with E-state index in [-0.39, 0.29) is 10.8 Å². The molecular formula is C18H18F2N2. The average molecular weight is 300 g/mol. The fourth-order valence-corrected chi connectivity index (χ4v) is 4.40. The number of rotatable bonds is 1. The number of hydrogen-bond acceptors (Lipinski definition) is 2. The lowest BCUT2D eigenvalue weighted by atomic mass is 9.70. The van der Waals surface area contributed by atoms with Crippen molar-refractivity contribution in [3.05, 3.63) is 47.2 Å². The van der Waals surface area contributed by atoms with Crippen molar-refractivity contribution in [2.45, 2.75) is 44.9 Å². The van der Waals surface area contributed by atoms with Crippen LogP contribution in [0.1, 0.15) is 50.8 Å². The zero-order valence-corrected chi connectivity index (χ0v) is 13.0. The zero-order chi connectivity index (χ0) is 15.7. The molecule has 0 spiro atoms. The molecule has 1 aromatic heterocycles. The predicted octanol–water partition coefficient (Wildman–Crippen LogP) is 4.60. The fourth-order valence-electron chi connectivity index (χ4n) is 4.40. The highest BCUT2D eigenvalue weighted by Crippen LogP contribution is 2.67. The SMILES string of the molecule is CC12CCC(c3cc(-c4ccc(F)cc4F)nnc31)C2(C)C. The first-order chi connectivity index (χ1) is 10.3. The van der Waals surface area contributed by atoms with Crippen LogP contribution in [0.3, 0.4) is 0 Å². The topological polar surface area (TPSA) is 25.8 Å². The van der Waals surface area contributed by atoms with Gasteiger partial charge in [0.1, 0.15) is 11.6 Å². The minimum atomic E-state index is -0.595. The molecule has 2 unspecified atom stereocenters. The number of nitrogens with zero attached hydrogens (tertiary/aromatic N) is 2. The van der Waals surface area contributed by atoms with Crippen molar-refractivity contribution in [1.82, 2.24) is 10.2 Å². The molecule has 2 bridgehead atoms. The first-order valence-corrected chi connectivity index (χ1v) is 7.68. The third-order valence-electron chi connectivity index (χ3n) is 6.15. The van der Waals surface area contributed by atoms with Gasteiger partial charge < -0.3 is 0 Å². The third kappa shape index (κ3) is 1.53. The summed E-state index contributed by atoms with van der Waals surface area (Å²) in [5, 5.41) is 8.67. The van der Waals surface area contributed by atoms with Gasteiger partial charge in [-0.25, -0.2) is 8.78 Å². The maximum atomic E-state index is 14.0. The summed E-state index contributed by atoms with van der Waals surface area (Å²) in [5.41, 5.74) is 3.22. The molecule has 1 heterocycles. The molecule has 0 saturated heterocycles. The molecule has 1 aromatic carbocycles. The molecule has 2 aliphatic rings. The van der Waals surface area contributed by atoms with Crippen molar-refractivity contribution in [3.63, 3.8) is 0 Å². The van der Waals surface area contributed by atoms with Crippen LogP contribution in [-0.4, -0.2) is 10.2 Å². The van der Waals surface area contributed by atoms with Gasteiger partial charge in [-0.05, 0) is 47.9 Å². The number of fused-ring (bicyclic) bond motifs is 5. The Labute approximate surface area is 128 Å². The third-order valence-corrected chi connectivity index (χ3v) is 6.15. The highest BCUT2D eigenvalue weighted by atomic mass is 19.1. The summed E-state index contributed by atoms with van der Waals surface area (Å²) in [6.07, 6.45) is 2.25. The second kappa shape index (κ2) is 4.12. The Morgan fingerprint density at radius 2 is 1.86 bits per heavy atom. The van der Waals surface area contributed by atoms with Crippen molar-refractivity contribution in [2.75, 3.05) is 0 Å². The Kier molecular flexibility index (Phi) is 2.58. The van der Waals surface area contributed by atoms with E-state index in [4.69, 9.17) is 0 Å². The summed E-state index contributed by atoms with van der Waals surface area (Å²) in [6.45, 7) is 6.82. The molecule has 4 heteroatoms. The number of benzene rings is 1. The van der Waals surface area contributed by atoms with E-state index in [1.165, 1.54) is 17.7 Å². The quantitative estimate of drug-likeness (QED) is 0.769. The van der Waals surface area contributed by atoms with E-state index in [2.05, 4.69) is 31.0 Å². The number of hydrogen-bond donors (Lipinski definition) is 0. The van der Waals surface area contributed by atoms with E-state index in [0.717, 1.165) is 24.6 Å². The van der Waals surface area contributed by atoms with Gasteiger partial charge in [-0.3, -0.25) is 0 Å². The molecule has 2 nitrogen and oxygen atoms in total. The van der Waals surface area contributed by atoms with Crippen molar-refractivity contribution < 1.29 is 8.78 Å². The van der Waals surface area contributed by atoms with Gasteiger partial charge in [-0.15, -0.1) is 0 Å². The fraction of sp³-hybridized carbons (Fsp3) is 0.444. The lowest BCUT2D eigenvalue weighted by Gasteiger charge is -2.33. The summed E-state index contributed by atoms with van der Waals surface area (Å²) in [6, 6.07) is 5.53. The predicted molar refractivity (Wildman–Crippen MR) is 80.5 cm³/mol.